The standard InChI is InChI=1S/C20H32N2O4S/c1-6-7-10-25-19(24)22(5)15-8-9-17-16(11-15)14(13-27-17)12-21-18(23)26-20(2,3)4/h13,15H,6-12H2,1-5H3,(H,21,23). The second-order valence-corrected chi connectivity index (χ2v) is 8.96. The average Bonchev–Trinajstić information content (AvgIpc) is 3.00. The molecule has 0 radical (unpaired) electrons. The number of likely N-dealkylation sites (N-methyl/N-ethyl adjacent to an activating group) is 1. The highest BCUT2D eigenvalue weighted by Gasteiger charge is 2.28. The number of rotatable bonds is 6. The number of amides is 2. The zero-order chi connectivity index (χ0) is 20.0. The first kappa shape index (κ1) is 21.5. The van der Waals surface area contributed by atoms with Gasteiger partial charge in [0, 0.05) is 24.5 Å². The Morgan fingerprint density at radius 1 is 1.37 bits per heavy atom. The molecule has 1 heterocycles. The summed E-state index contributed by atoms with van der Waals surface area (Å²) in [5.41, 5.74) is 1.85. The number of ether oxygens (including phenoxy) is 2. The average molecular weight is 397 g/mol. The zero-order valence-corrected chi connectivity index (χ0v) is 17.9. The lowest BCUT2D eigenvalue weighted by Gasteiger charge is -2.31. The van der Waals surface area contributed by atoms with Gasteiger partial charge in [0.15, 0.2) is 0 Å². The predicted molar refractivity (Wildman–Crippen MR) is 107 cm³/mol. The SMILES string of the molecule is CCCCOC(=O)N(C)C1CCc2scc(CNC(=O)OC(C)(C)C)c2C1. The van der Waals surface area contributed by atoms with Gasteiger partial charge in [0.1, 0.15) is 5.60 Å². The van der Waals surface area contributed by atoms with Gasteiger partial charge in [-0.15, -0.1) is 11.3 Å². The van der Waals surface area contributed by atoms with E-state index in [1.165, 1.54) is 10.4 Å². The third-order valence-electron chi connectivity index (χ3n) is 4.59. The van der Waals surface area contributed by atoms with Crippen LogP contribution in [0.3, 0.4) is 0 Å². The van der Waals surface area contributed by atoms with E-state index in [0.717, 1.165) is 37.7 Å². The number of aryl methyl sites for hydroxylation is 1. The van der Waals surface area contributed by atoms with Crippen molar-refractivity contribution in [2.75, 3.05) is 13.7 Å². The van der Waals surface area contributed by atoms with Crippen LogP contribution in [0.1, 0.15) is 63.0 Å². The number of nitrogens with one attached hydrogen (secondary N) is 1. The van der Waals surface area contributed by atoms with Crippen LogP contribution in [0.25, 0.3) is 0 Å². The number of thiophene rings is 1. The van der Waals surface area contributed by atoms with Crippen molar-refractivity contribution in [3.05, 3.63) is 21.4 Å². The molecular weight excluding hydrogens is 364 g/mol. The van der Waals surface area contributed by atoms with Crippen molar-refractivity contribution in [1.29, 1.82) is 0 Å². The Bertz CT molecular complexity index is 651. The van der Waals surface area contributed by atoms with E-state index in [4.69, 9.17) is 9.47 Å². The van der Waals surface area contributed by atoms with Gasteiger partial charge in [0.2, 0.25) is 0 Å². The molecule has 0 spiro atoms. The summed E-state index contributed by atoms with van der Waals surface area (Å²) in [7, 11) is 1.81. The van der Waals surface area contributed by atoms with E-state index in [1.807, 2.05) is 27.8 Å². The van der Waals surface area contributed by atoms with Gasteiger partial charge in [-0.2, -0.15) is 0 Å². The van der Waals surface area contributed by atoms with Crippen LogP contribution in [0.15, 0.2) is 5.38 Å². The van der Waals surface area contributed by atoms with Gasteiger partial charge in [-0.3, -0.25) is 0 Å². The normalized spacial score (nSPS) is 16.4. The molecule has 1 aliphatic carbocycles. The highest BCUT2D eigenvalue weighted by Crippen LogP contribution is 2.32. The van der Waals surface area contributed by atoms with Crippen LogP contribution in [0, 0.1) is 0 Å². The van der Waals surface area contributed by atoms with E-state index in [1.54, 1.807) is 16.2 Å². The molecule has 0 aromatic carbocycles. The van der Waals surface area contributed by atoms with Crippen molar-refractivity contribution in [3.8, 4) is 0 Å². The Hall–Kier alpha value is -1.76. The highest BCUT2D eigenvalue weighted by atomic mass is 32.1. The summed E-state index contributed by atoms with van der Waals surface area (Å²) in [5, 5.41) is 4.93. The first-order chi connectivity index (χ1) is 12.7. The molecule has 0 bridgehead atoms. The zero-order valence-electron chi connectivity index (χ0n) is 17.1. The highest BCUT2D eigenvalue weighted by molar-refractivity contribution is 7.10. The Morgan fingerprint density at radius 3 is 2.78 bits per heavy atom. The van der Waals surface area contributed by atoms with Crippen LogP contribution in [0.5, 0.6) is 0 Å². The summed E-state index contributed by atoms with van der Waals surface area (Å²) in [6.07, 6.45) is 3.91. The first-order valence-electron chi connectivity index (χ1n) is 9.65. The maximum atomic E-state index is 12.2. The molecule has 1 unspecified atom stereocenters. The Labute approximate surface area is 166 Å². The number of nitrogens with zero attached hydrogens (tertiary/aromatic N) is 1. The van der Waals surface area contributed by atoms with Crippen molar-refractivity contribution >= 4 is 23.5 Å². The molecule has 0 saturated carbocycles. The van der Waals surface area contributed by atoms with Crippen LogP contribution < -0.4 is 5.32 Å². The number of fused-ring (bicyclic) bond motifs is 1. The van der Waals surface area contributed by atoms with Gasteiger partial charge < -0.3 is 19.7 Å². The lowest BCUT2D eigenvalue weighted by Crippen LogP contribution is -2.41. The lowest BCUT2D eigenvalue weighted by atomic mass is 9.91. The topological polar surface area (TPSA) is 67.9 Å². The molecule has 6 nitrogen and oxygen atoms in total. The monoisotopic (exact) mass is 396 g/mol. The molecule has 2 amide bonds. The molecule has 2 rings (SSSR count). The maximum Gasteiger partial charge on any atom is 0.409 e. The molecule has 1 aromatic heterocycles. The van der Waals surface area contributed by atoms with Gasteiger partial charge >= 0.3 is 12.2 Å². The molecule has 1 aromatic rings. The number of carbonyl (C=O) groups is 2. The minimum atomic E-state index is -0.510. The summed E-state index contributed by atoms with van der Waals surface area (Å²) in [6.45, 7) is 8.53. The van der Waals surface area contributed by atoms with Gasteiger partial charge in [-0.25, -0.2) is 9.59 Å². The molecule has 0 fully saturated rings. The maximum absolute atomic E-state index is 12.2. The minimum Gasteiger partial charge on any atom is -0.449 e. The fourth-order valence-electron chi connectivity index (χ4n) is 3.07. The quantitative estimate of drug-likeness (QED) is 0.719. The summed E-state index contributed by atoms with van der Waals surface area (Å²) < 4.78 is 10.6. The summed E-state index contributed by atoms with van der Waals surface area (Å²) in [4.78, 5) is 27.2. The number of hydrogen-bond donors (Lipinski definition) is 1. The van der Waals surface area contributed by atoms with E-state index in [2.05, 4.69) is 17.6 Å². The second kappa shape index (κ2) is 9.44. The van der Waals surface area contributed by atoms with E-state index in [9.17, 15) is 9.59 Å². The molecule has 0 aliphatic heterocycles. The molecule has 1 atom stereocenters. The molecule has 1 aliphatic rings. The molecular formula is C20H32N2O4S. The molecule has 7 heteroatoms. The fraction of sp³-hybridized carbons (Fsp3) is 0.700. The van der Waals surface area contributed by atoms with Crippen molar-refractivity contribution < 1.29 is 19.1 Å². The largest absolute Gasteiger partial charge is 0.449 e. The molecule has 152 valence electrons. The predicted octanol–water partition coefficient (Wildman–Crippen LogP) is 4.50. The third-order valence-corrected chi connectivity index (χ3v) is 5.73. The van der Waals surface area contributed by atoms with Gasteiger partial charge in [0.05, 0.1) is 6.61 Å². The van der Waals surface area contributed by atoms with Crippen LogP contribution in [0.2, 0.25) is 0 Å². The first-order valence-corrected chi connectivity index (χ1v) is 10.5. The van der Waals surface area contributed by atoms with E-state index < -0.39 is 11.7 Å². The van der Waals surface area contributed by atoms with E-state index in [0.29, 0.717) is 13.2 Å². The smallest absolute Gasteiger partial charge is 0.409 e. The minimum absolute atomic E-state index is 0.126. The number of carbonyl (C=O) groups excluding carboxylic acids is 2. The third kappa shape index (κ3) is 6.41. The number of hydrogen-bond acceptors (Lipinski definition) is 5. The second-order valence-electron chi connectivity index (χ2n) is 7.99. The van der Waals surface area contributed by atoms with Gasteiger partial charge in [-0.05, 0) is 63.0 Å². The van der Waals surface area contributed by atoms with Crippen molar-refractivity contribution in [2.24, 2.45) is 0 Å². The molecule has 27 heavy (non-hydrogen) atoms. The summed E-state index contributed by atoms with van der Waals surface area (Å²) >= 11 is 1.73. The number of unbranched alkanes of at least 4 members (excludes halogenated alkanes) is 1. The summed E-state index contributed by atoms with van der Waals surface area (Å²) in [5.74, 6) is 0. The van der Waals surface area contributed by atoms with Crippen LogP contribution in [0.4, 0.5) is 9.59 Å². The Kier molecular flexibility index (Phi) is 7.53. The van der Waals surface area contributed by atoms with Gasteiger partial charge in [0.25, 0.3) is 0 Å². The molecule has 1 N–H and O–H groups in total. The van der Waals surface area contributed by atoms with Crippen molar-refractivity contribution in [2.45, 2.75) is 78.0 Å². The fourth-order valence-corrected chi connectivity index (χ4v) is 4.17. The summed E-state index contributed by atoms with van der Waals surface area (Å²) in [6, 6.07) is 0.126. The van der Waals surface area contributed by atoms with Crippen molar-refractivity contribution in [3.63, 3.8) is 0 Å². The molecule has 0 saturated heterocycles. The van der Waals surface area contributed by atoms with Crippen molar-refractivity contribution in [1.82, 2.24) is 10.2 Å². The lowest BCUT2D eigenvalue weighted by molar-refractivity contribution is 0.0523. The van der Waals surface area contributed by atoms with E-state index in [-0.39, 0.29) is 12.1 Å². The van der Waals surface area contributed by atoms with Crippen LogP contribution in [-0.4, -0.2) is 42.4 Å². The Morgan fingerprint density at radius 2 is 2.11 bits per heavy atom. The Balaban J connectivity index is 1.93. The van der Waals surface area contributed by atoms with Crippen LogP contribution >= 0.6 is 11.3 Å². The van der Waals surface area contributed by atoms with Gasteiger partial charge in [-0.1, -0.05) is 13.3 Å². The van der Waals surface area contributed by atoms with Crippen LogP contribution in [-0.2, 0) is 28.9 Å². The van der Waals surface area contributed by atoms with E-state index >= 15 is 0 Å². The number of alkyl carbamates (subject to hydrolysis) is 1.